The fraction of sp³-hybridized carbons (Fsp3) is 0.263. The average molecular weight is 357 g/mol. The summed E-state index contributed by atoms with van der Waals surface area (Å²) < 4.78 is 0. The highest BCUT2D eigenvalue weighted by atomic mass is 32.2. The van der Waals surface area contributed by atoms with Gasteiger partial charge in [-0.05, 0) is 29.9 Å². The van der Waals surface area contributed by atoms with E-state index in [4.69, 9.17) is 5.73 Å². The molecule has 0 fully saturated rings. The van der Waals surface area contributed by atoms with Crippen LogP contribution in [0.4, 0.5) is 4.79 Å². The van der Waals surface area contributed by atoms with Gasteiger partial charge in [0.1, 0.15) is 0 Å². The van der Waals surface area contributed by atoms with Gasteiger partial charge in [0.05, 0.1) is 12.5 Å². The quantitative estimate of drug-likeness (QED) is 0.476. The maximum absolute atomic E-state index is 12.1. The zero-order valence-corrected chi connectivity index (χ0v) is 14.8. The number of hydrogen-bond donors (Lipinski definition) is 3. The summed E-state index contributed by atoms with van der Waals surface area (Å²) in [6, 6.07) is 18.5. The highest BCUT2D eigenvalue weighted by Gasteiger charge is 2.16. The van der Waals surface area contributed by atoms with Crippen molar-refractivity contribution in [2.24, 2.45) is 5.73 Å². The molecule has 0 aromatic heterocycles. The molecule has 6 heteroatoms. The van der Waals surface area contributed by atoms with Crippen LogP contribution in [0.15, 0.2) is 65.6 Å². The third-order valence-electron chi connectivity index (χ3n) is 3.56. The zero-order chi connectivity index (χ0) is 17.9. The lowest BCUT2D eigenvalue weighted by Crippen LogP contribution is -2.36. The lowest BCUT2D eigenvalue weighted by molar-refractivity contribution is -0.121. The molecule has 0 radical (unpaired) electrons. The first-order valence-corrected chi connectivity index (χ1v) is 9.19. The van der Waals surface area contributed by atoms with Gasteiger partial charge in [0.2, 0.25) is 5.91 Å². The maximum Gasteiger partial charge on any atom is 0.312 e. The van der Waals surface area contributed by atoms with Crippen molar-refractivity contribution in [2.75, 3.05) is 12.3 Å². The third-order valence-corrected chi connectivity index (χ3v) is 4.66. The van der Waals surface area contributed by atoms with E-state index in [0.717, 1.165) is 17.7 Å². The Morgan fingerprint density at radius 3 is 2.28 bits per heavy atom. The Balaban J connectivity index is 1.72. The molecule has 0 aliphatic carbocycles. The summed E-state index contributed by atoms with van der Waals surface area (Å²) >= 11 is 1.77. The molecular formula is C19H23N3O2S. The van der Waals surface area contributed by atoms with Gasteiger partial charge in [0.25, 0.3) is 0 Å². The molecule has 25 heavy (non-hydrogen) atoms. The van der Waals surface area contributed by atoms with Gasteiger partial charge in [-0.3, -0.25) is 4.79 Å². The Bertz CT molecular complexity index is 665. The molecule has 0 unspecified atom stereocenters. The van der Waals surface area contributed by atoms with Gasteiger partial charge in [-0.1, -0.05) is 48.5 Å². The largest absolute Gasteiger partial charge is 0.356 e. The van der Waals surface area contributed by atoms with Gasteiger partial charge in [-0.25, -0.2) is 4.79 Å². The molecule has 0 heterocycles. The van der Waals surface area contributed by atoms with Crippen molar-refractivity contribution in [3.63, 3.8) is 0 Å². The van der Waals surface area contributed by atoms with E-state index >= 15 is 0 Å². The molecule has 132 valence electrons. The summed E-state index contributed by atoms with van der Waals surface area (Å²) in [6.07, 6.45) is 1.04. The van der Waals surface area contributed by atoms with Crippen LogP contribution in [-0.4, -0.2) is 24.2 Å². The number of nitrogens with two attached hydrogens (primary N) is 1. The van der Waals surface area contributed by atoms with Crippen molar-refractivity contribution in [2.45, 2.75) is 23.8 Å². The van der Waals surface area contributed by atoms with Crippen molar-refractivity contribution in [1.29, 1.82) is 0 Å². The molecule has 3 amide bonds. The van der Waals surface area contributed by atoms with E-state index in [1.807, 2.05) is 48.5 Å². The Hall–Kier alpha value is -2.47. The number of amides is 3. The second-order valence-electron chi connectivity index (χ2n) is 5.54. The van der Waals surface area contributed by atoms with Crippen molar-refractivity contribution in [3.8, 4) is 0 Å². The normalized spacial score (nSPS) is 11.5. The van der Waals surface area contributed by atoms with E-state index in [9.17, 15) is 9.59 Å². The summed E-state index contributed by atoms with van der Waals surface area (Å²) in [5.41, 5.74) is 6.07. The first kappa shape index (κ1) is 18.9. The molecule has 2 aromatic carbocycles. The van der Waals surface area contributed by atoms with Crippen LogP contribution in [0, 0.1) is 0 Å². The van der Waals surface area contributed by atoms with Gasteiger partial charge in [-0.15, -0.1) is 11.8 Å². The minimum Gasteiger partial charge on any atom is -0.356 e. The standard InChI is InChI=1S/C19H23N3O2S/c20-19(24)22-17(15-8-3-1-4-9-15)14-18(23)21-12-7-13-25-16-10-5-2-6-11-16/h1-6,8-11,17H,7,12-14H2,(H,21,23)(H3,20,22,24)/t17-/m0/s1. The number of primary amides is 1. The number of hydrogen-bond acceptors (Lipinski definition) is 3. The summed E-state index contributed by atoms with van der Waals surface area (Å²) in [5.74, 6) is 0.832. The Labute approximate surface area is 152 Å². The van der Waals surface area contributed by atoms with Crippen LogP contribution in [0.3, 0.4) is 0 Å². The molecular weight excluding hydrogens is 334 g/mol. The minimum absolute atomic E-state index is 0.104. The lowest BCUT2D eigenvalue weighted by Gasteiger charge is -2.17. The van der Waals surface area contributed by atoms with E-state index < -0.39 is 12.1 Å². The molecule has 4 N–H and O–H groups in total. The Kier molecular flexibility index (Phi) is 7.85. The van der Waals surface area contributed by atoms with Gasteiger partial charge in [-0.2, -0.15) is 0 Å². The number of carbonyl (C=O) groups is 2. The fourth-order valence-electron chi connectivity index (χ4n) is 2.37. The minimum atomic E-state index is -0.638. The monoisotopic (exact) mass is 357 g/mol. The SMILES string of the molecule is NC(=O)N[C@@H](CC(=O)NCCCSc1ccccc1)c1ccccc1. The van der Waals surface area contributed by atoms with Crippen LogP contribution in [-0.2, 0) is 4.79 Å². The van der Waals surface area contributed by atoms with Crippen LogP contribution >= 0.6 is 11.8 Å². The van der Waals surface area contributed by atoms with Crippen LogP contribution in [0.2, 0.25) is 0 Å². The number of benzene rings is 2. The first-order chi connectivity index (χ1) is 12.1. The second kappa shape index (κ2) is 10.4. The molecule has 2 aromatic rings. The van der Waals surface area contributed by atoms with E-state index in [2.05, 4.69) is 22.8 Å². The number of thioether (sulfide) groups is 1. The van der Waals surface area contributed by atoms with Crippen molar-refractivity contribution in [3.05, 3.63) is 66.2 Å². The lowest BCUT2D eigenvalue weighted by atomic mass is 10.0. The second-order valence-corrected chi connectivity index (χ2v) is 6.71. The number of urea groups is 1. The predicted molar refractivity (Wildman–Crippen MR) is 101 cm³/mol. The topological polar surface area (TPSA) is 84.2 Å². The zero-order valence-electron chi connectivity index (χ0n) is 14.0. The van der Waals surface area contributed by atoms with Gasteiger partial charge in [0, 0.05) is 11.4 Å². The van der Waals surface area contributed by atoms with Crippen molar-refractivity contribution < 1.29 is 9.59 Å². The van der Waals surface area contributed by atoms with Gasteiger partial charge in [0.15, 0.2) is 0 Å². The highest BCUT2D eigenvalue weighted by Crippen LogP contribution is 2.18. The van der Waals surface area contributed by atoms with Gasteiger partial charge >= 0.3 is 6.03 Å². The van der Waals surface area contributed by atoms with Gasteiger partial charge < -0.3 is 16.4 Å². The van der Waals surface area contributed by atoms with E-state index in [0.29, 0.717) is 6.54 Å². The average Bonchev–Trinajstić information content (AvgIpc) is 2.62. The Morgan fingerprint density at radius 1 is 1.00 bits per heavy atom. The Morgan fingerprint density at radius 2 is 1.64 bits per heavy atom. The van der Waals surface area contributed by atoms with Crippen molar-refractivity contribution >= 4 is 23.7 Å². The summed E-state index contributed by atoms with van der Waals surface area (Å²) in [5, 5.41) is 5.52. The molecule has 0 saturated heterocycles. The smallest absolute Gasteiger partial charge is 0.312 e. The first-order valence-electron chi connectivity index (χ1n) is 8.20. The van der Waals surface area contributed by atoms with E-state index in [1.165, 1.54) is 4.90 Å². The number of carbonyl (C=O) groups excluding carboxylic acids is 2. The van der Waals surface area contributed by atoms with Crippen LogP contribution in [0.5, 0.6) is 0 Å². The summed E-state index contributed by atoms with van der Waals surface area (Å²) in [4.78, 5) is 24.5. The van der Waals surface area contributed by atoms with E-state index in [1.54, 1.807) is 11.8 Å². The van der Waals surface area contributed by atoms with Crippen LogP contribution < -0.4 is 16.4 Å². The summed E-state index contributed by atoms with van der Waals surface area (Å²) in [6.45, 7) is 0.608. The molecule has 0 aliphatic rings. The molecule has 0 aliphatic heterocycles. The fourth-order valence-corrected chi connectivity index (χ4v) is 3.25. The molecule has 5 nitrogen and oxygen atoms in total. The van der Waals surface area contributed by atoms with Crippen LogP contribution in [0.1, 0.15) is 24.4 Å². The molecule has 2 rings (SSSR count). The molecule has 1 atom stereocenters. The molecule has 0 spiro atoms. The summed E-state index contributed by atoms with van der Waals surface area (Å²) in [7, 11) is 0. The predicted octanol–water partition coefficient (Wildman–Crippen LogP) is 3.08. The number of nitrogens with one attached hydrogen (secondary N) is 2. The number of rotatable bonds is 9. The van der Waals surface area contributed by atoms with Crippen LogP contribution in [0.25, 0.3) is 0 Å². The molecule has 0 saturated carbocycles. The third kappa shape index (κ3) is 7.30. The highest BCUT2D eigenvalue weighted by molar-refractivity contribution is 7.99. The maximum atomic E-state index is 12.1. The van der Waals surface area contributed by atoms with E-state index in [-0.39, 0.29) is 12.3 Å². The van der Waals surface area contributed by atoms with Crippen molar-refractivity contribution in [1.82, 2.24) is 10.6 Å². The molecule has 0 bridgehead atoms.